The van der Waals surface area contributed by atoms with E-state index < -0.39 is 11.4 Å². The first-order valence-corrected chi connectivity index (χ1v) is 10.8. The highest BCUT2D eigenvalue weighted by molar-refractivity contribution is 7.98. The van der Waals surface area contributed by atoms with Gasteiger partial charge in [0.15, 0.2) is 0 Å². The van der Waals surface area contributed by atoms with Gasteiger partial charge >= 0.3 is 6.18 Å². The minimum absolute atomic E-state index is 0.162. The van der Waals surface area contributed by atoms with Crippen molar-refractivity contribution >= 4 is 23.5 Å². The number of alkyl halides is 3. The first-order chi connectivity index (χ1) is 13.9. The Morgan fingerprint density at radius 2 is 2.00 bits per heavy atom. The van der Waals surface area contributed by atoms with Crippen LogP contribution < -0.4 is 5.73 Å². The molecule has 3 nitrogen and oxygen atoms in total. The minimum atomic E-state index is -4.35. The molecule has 0 saturated carbocycles. The number of benzene rings is 1. The van der Waals surface area contributed by atoms with Gasteiger partial charge in [0, 0.05) is 41.9 Å². The molecule has 2 rings (SSSR count). The Kier molecular flexibility index (Phi) is 7.36. The molecule has 30 heavy (non-hydrogen) atoms. The largest absolute Gasteiger partial charge is 0.404 e. The highest BCUT2D eigenvalue weighted by Gasteiger charge is 2.40. The average Bonchev–Trinajstić information content (AvgIpc) is 2.62. The van der Waals surface area contributed by atoms with E-state index in [0.717, 1.165) is 36.8 Å². The van der Waals surface area contributed by atoms with Gasteiger partial charge in [0.1, 0.15) is 5.25 Å². The van der Waals surface area contributed by atoms with Crippen LogP contribution in [0.15, 0.2) is 41.7 Å². The molecular weight excluding hydrogens is 407 g/mol. The van der Waals surface area contributed by atoms with Gasteiger partial charge in [-0.1, -0.05) is 18.2 Å². The number of thioether (sulfide) groups is 1. The van der Waals surface area contributed by atoms with Gasteiger partial charge in [-0.15, -0.1) is 24.1 Å². The highest BCUT2D eigenvalue weighted by atomic mass is 32.2. The Hall–Kier alpha value is -2.33. The molecule has 0 radical (unpaired) electrons. The number of hydrogen-bond acceptors (Lipinski definition) is 4. The molecular formula is C23H28F3N3S. The molecule has 1 saturated heterocycles. The smallest absolute Gasteiger partial charge is 0.401 e. The van der Waals surface area contributed by atoms with Crippen molar-refractivity contribution in [3.63, 3.8) is 0 Å². The van der Waals surface area contributed by atoms with E-state index in [4.69, 9.17) is 17.6 Å². The molecule has 7 heteroatoms. The number of rotatable bonds is 7. The molecule has 1 heterocycles. The van der Waals surface area contributed by atoms with Gasteiger partial charge in [-0.3, -0.25) is 0 Å². The molecule has 1 atom stereocenters. The summed E-state index contributed by atoms with van der Waals surface area (Å²) >= 11 is 0.744. The summed E-state index contributed by atoms with van der Waals surface area (Å²) in [5.74, 6) is 3.15. The van der Waals surface area contributed by atoms with E-state index in [1.807, 2.05) is 13.8 Å². The standard InChI is InChI=1S/C23H28F3N3S/c1-6-22(3,4)19-13-29(14-19)20(15(2)28)11-18(12-27)16-8-7-9-17(10-16)21(30-5)23(24,25)26/h1,7-12,19,21,27H,13-14,28H2,2-5H3. The van der Waals surface area contributed by atoms with Crippen LogP contribution in [0.2, 0.25) is 0 Å². The second-order valence-electron chi connectivity index (χ2n) is 8.06. The molecule has 1 fully saturated rings. The number of hydrogen-bond donors (Lipinski definition) is 2. The van der Waals surface area contributed by atoms with Crippen molar-refractivity contribution in [3.05, 3.63) is 52.9 Å². The fraction of sp³-hybridized carbons (Fsp3) is 0.435. The number of nitrogens with zero attached hydrogens (tertiary/aromatic N) is 1. The summed E-state index contributed by atoms with van der Waals surface area (Å²) in [6.45, 7) is 7.32. The highest BCUT2D eigenvalue weighted by Crippen LogP contribution is 2.42. The van der Waals surface area contributed by atoms with Crippen molar-refractivity contribution in [1.29, 1.82) is 5.41 Å². The normalized spacial score (nSPS) is 17.7. The number of allylic oxidation sites excluding steroid dienone is 3. The van der Waals surface area contributed by atoms with E-state index in [0.29, 0.717) is 22.8 Å². The Balaban J connectivity index is 2.35. The second kappa shape index (κ2) is 9.22. The summed E-state index contributed by atoms with van der Waals surface area (Å²) in [6, 6.07) is 6.25. The van der Waals surface area contributed by atoms with Gasteiger partial charge in [0.25, 0.3) is 0 Å². The molecule has 0 aromatic heterocycles. The quantitative estimate of drug-likeness (QED) is 0.339. The SMILES string of the molecule is C#CC(C)(C)C1CN(C(C=C(C=N)c2cccc(C(SC)C(F)(F)F)c2)=C(C)N)C1. The first kappa shape index (κ1) is 23.9. The van der Waals surface area contributed by atoms with Gasteiger partial charge in [-0.05, 0) is 50.3 Å². The Bertz CT molecular complexity index is 884. The van der Waals surface area contributed by atoms with Crippen LogP contribution in [-0.2, 0) is 0 Å². The molecule has 3 N–H and O–H groups in total. The number of halogens is 3. The van der Waals surface area contributed by atoms with Gasteiger partial charge in [0.05, 0.1) is 5.70 Å². The molecule has 0 amide bonds. The van der Waals surface area contributed by atoms with E-state index >= 15 is 0 Å². The van der Waals surface area contributed by atoms with Gasteiger partial charge < -0.3 is 16.0 Å². The van der Waals surface area contributed by atoms with Crippen molar-refractivity contribution in [2.24, 2.45) is 17.1 Å². The third-order valence-electron chi connectivity index (χ3n) is 5.52. The second-order valence-corrected chi connectivity index (χ2v) is 9.01. The van der Waals surface area contributed by atoms with Gasteiger partial charge in [0.2, 0.25) is 0 Å². The number of terminal acetylenes is 1. The molecule has 0 bridgehead atoms. The maximum Gasteiger partial charge on any atom is 0.404 e. The van der Waals surface area contributed by atoms with Crippen LogP contribution in [0, 0.1) is 29.1 Å². The van der Waals surface area contributed by atoms with E-state index in [9.17, 15) is 13.2 Å². The Morgan fingerprint density at radius 1 is 1.37 bits per heavy atom. The first-order valence-electron chi connectivity index (χ1n) is 9.55. The van der Waals surface area contributed by atoms with Crippen LogP contribution in [0.25, 0.3) is 5.57 Å². The summed E-state index contributed by atoms with van der Waals surface area (Å²) < 4.78 is 40.0. The van der Waals surface area contributed by atoms with Crippen molar-refractivity contribution in [1.82, 2.24) is 4.90 Å². The lowest BCUT2D eigenvalue weighted by atomic mass is 9.74. The lowest BCUT2D eigenvalue weighted by Crippen LogP contribution is -2.52. The number of likely N-dealkylation sites (tertiary alicyclic amines) is 1. The van der Waals surface area contributed by atoms with Crippen LogP contribution in [-0.4, -0.2) is 36.6 Å². The van der Waals surface area contributed by atoms with Gasteiger partial charge in [-0.2, -0.15) is 13.2 Å². The van der Waals surface area contributed by atoms with E-state index in [-0.39, 0.29) is 11.0 Å². The van der Waals surface area contributed by atoms with Crippen LogP contribution in [0.3, 0.4) is 0 Å². The van der Waals surface area contributed by atoms with Crippen molar-refractivity contribution in [3.8, 4) is 12.3 Å². The predicted octanol–water partition coefficient (Wildman–Crippen LogP) is 5.47. The summed E-state index contributed by atoms with van der Waals surface area (Å²) in [6.07, 6.45) is 5.63. The third kappa shape index (κ3) is 5.23. The summed E-state index contributed by atoms with van der Waals surface area (Å²) in [4.78, 5) is 2.09. The lowest BCUT2D eigenvalue weighted by Gasteiger charge is -2.47. The fourth-order valence-corrected chi connectivity index (χ4v) is 4.09. The molecule has 1 aliphatic heterocycles. The van der Waals surface area contributed by atoms with Crippen molar-refractivity contribution in [2.45, 2.75) is 32.2 Å². The zero-order valence-corrected chi connectivity index (χ0v) is 18.5. The topological polar surface area (TPSA) is 53.1 Å². The molecule has 1 aromatic rings. The number of nitrogens with two attached hydrogens (primary N) is 1. The van der Waals surface area contributed by atoms with Gasteiger partial charge in [-0.25, -0.2) is 0 Å². The van der Waals surface area contributed by atoms with Crippen LogP contribution >= 0.6 is 11.8 Å². The molecule has 0 aliphatic carbocycles. The maximum absolute atomic E-state index is 13.3. The van der Waals surface area contributed by atoms with E-state index in [1.54, 1.807) is 25.1 Å². The number of nitrogens with one attached hydrogen (secondary N) is 1. The van der Waals surface area contributed by atoms with Crippen LogP contribution in [0.4, 0.5) is 13.2 Å². The minimum Gasteiger partial charge on any atom is -0.401 e. The molecule has 162 valence electrons. The van der Waals surface area contributed by atoms with Crippen molar-refractivity contribution < 1.29 is 13.2 Å². The Labute approximate surface area is 181 Å². The maximum atomic E-state index is 13.3. The monoisotopic (exact) mass is 435 g/mol. The molecule has 0 spiro atoms. The Morgan fingerprint density at radius 3 is 2.47 bits per heavy atom. The molecule has 1 unspecified atom stereocenters. The zero-order chi connectivity index (χ0) is 22.7. The van der Waals surface area contributed by atoms with E-state index in [1.165, 1.54) is 18.4 Å². The van der Waals surface area contributed by atoms with Crippen LogP contribution in [0.5, 0.6) is 0 Å². The van der Waals surface area contributed by atoms with E-state index in [2.05, 4.69) is 10.8 Å². The summed E-state index contributed by atoms with van der Waals surface area (Å²) in [5, 5.41) is 6.22. The lowest BCUT2D eigenvalue weighted by molar-refractivity contribution is -0.129. The molecule has 1 aromatic carbocycles. The molecule has 1 aliphatic rings. The predicted molar refractivity (Wildman–Crippen MR) is 120 cm³/mol. The average molecular weight is 436 g/mol. The third-order valence-corrected chi connectivity index (χ3v) is 6.53. The summed E-state index contributed by atoms with van der Waals surface area (Å²) in [5.41, 5.74) is 8.43. The van der Waals surface area contributed by atoms with Crippen LogP contribution in [0.1, 0.15) is 37.1 Å². The van der Waals surface area contributed by atoms with Crippen molar-refractivity contribution in [2.75, 3.05) is 19.3 Å². The summed E-state index contributed by atoms with van der Waals surface area (Å²) in [7, 11) is 0. The fourth-order valence-electron chi connectivity index (χ4n) is 3.40. The zero-order valence-electron chi connectivity index (χ0n) is 17.7.